The van der Waals surface area contributed by atoms with E-state index in [0.29, 0.717) is 19.3 Å². The molecule has 3 heteroatoms. The van der Waals surface area contributed by atoms with Gasteiger partial charge in [0, 0.05) is 12.8 Å². The monoisotopic (exact) mass is 170 g/mol. The Morgan fingerprint density at radius 3 is 2.58 bits per heavy atom. The van der Waals surface area contributed by atoms with E-state index in [1.54, 1.807) is 0 Å². The summed E-state index contributed by atoms with van der Waals surface area (Å²) in [4.78, 5) is 11.1. The summed E-state index contributed by atoms with van der Waals surface area (Å²) in [6, 6.07) is 0. The van der Waals surface area contributed by atoms with Crippen molar-refractivity contribution in [3.63, 3.8) is 0 Å². The fourth-order valence-corrected chi connectivity index (χ4v) is 2.55. The molecule has 0 aromatic carbocycles. The van der Waals surface area contributed by atoms with E-state index in [2.05, 4.69) is 0 Å². The minimum Gasteiger partial charge on any atom is -0.393 e. The van der Waals surface area contributed by atoms with E-state index in [9.17, 15) is 15.0 Å². The number of hydrogen-bond donors (Lipinski definition) is 2. The van der Waals surface area contributed by atoms with Crippen molar-refractivity contribution >= 4 is 5.78 Å². The number of aliphatic hydroxyl groups is 2. The molecule has 2 saturated carbocycles. The molecule has 0 spiro atoms. The molecule has 3 nitrogen and oxygen atoms in total. The molecule has 68 valence electrons. The van der Waals surface area contributed by atoms with Crippen LogP contribution in [0.3, 0.4) is 0 Å². The van der Waals surface area contributed by atoms with Crippen LogP contribution in [0.1, 0.15) is 25.7 Å². The molecule has 0 aromatic rings. The summed E-state index contributed by atoms with van der Waals surface area (Å²) in [6.07, 6.45) is 1.46. The van der Waals surface area contributed by atoms with E-state index in [-0.39, 0.29) is 23.7 Å². The van der Waals surface area contributed by atoms with Crippen LogP contribution in [-0.4, -0.2) is 28.2 Å². The molecule has 0 aromatic heterocycles. The van der Waals surface area contributed by atoms with Crippen molar-refractivity contribution in [3.8, 4) is 0 Å². The Bertz CT molecular complexity index is 202. The Balaban J connectivity index is 2.11. The second kappa shape index (κ2) is 2.82. The van der Waals surface area contributed by atoms with Crippen LogP contribution in [0.4, 0.5) is 0 Å². The summed E-state index contributed by atoms with van der Waals surface area (Å²) >= 11 is 0. The minimum atomic E-state index is -0.450. The maximum absolute atomic E-state index is 11.1. The third-order valence-corrected chi connectivity index (χ3v) is 3.24. The number of rotatable bonds is 0. The van der Waals surface area contributed by atoms with Crippen molar-refractivity contribution in [2.24, 2.45) is 11.8 Å². The van der Waals surface area contributed by atoms with Gasteiger partial charge in [-0.05, 0) is 24.7 Å². The Morgan fingerprint density at radius 2 is 1.83 bits per heavy atom. The minimum absolute atomic E-state index is 0.0428. The van der Waals surface area contributed by atoms with Crippen LogP contribution >= 0.6 is 0 Å². The molecule has 2 fully saturated rings. The molecule has 2 aliphatic rings. The van der Waals surface area contributed by atoms with Crippen molar-refractivity contribution < 1.29 is 15.0 Å². The van der Waals surface area contributed by atoms with Gasteiger partial charge in [0.05, 0.1) is 12.2 Å². The van der Waals surface area contributed by atoms with Gasteiger partial charge in [0.2, 0.25) is 0 Å². The van der Waals surface area contributed by atoms with E-state index in [1.807, 2.05) is 0 Å². The van der Waals surface area contributed by atoms with Gasteiger partial charge in [-0.1, -0.05) is 0 Å². The van der Waals surface area contributed by atoms with E-state index < -0.39 is 6.10 Å². The van der Waals surface area contributed by atoms with Crippen molar-refractivity contribution in [2.75, 3.05) is 0 Å². The van der Waals surface area contributed by atoms with E-state index in [1.165, 1.54) is 0 Å². The Kier molecular flexibility index (Phi) is 1.93. The number of Topliss-reactive ketones (excluding diaryl/α,β-unsaturated/α-hetero) is 1. The molecule has 0 saturated heterocycles. The van der Waals surface area contributed by atoms with Gasteiger partial charge < -0.3 is 10.2 Å². The van der Waals surface area contributed by atoms with E-state index in [0.717, 1.165) is 6.42 Å². The smallest absolute Gasteiger partial charge is 0.133 e. The Hall–Kier alpha value is -0.410. The highest BCUT2D eigenvalue weighted by atomic mass is 16.3. The quantitative estimate of drug-likeness (QED) is 0.542. The molecule has 0 amide bonds. The van der Waals surface area contributed by atoms with Gasteiger partial charge >= 0.3 is 0 Å². The largest absolute Gasteiger partial charge is 0.393 e. The first-order valence-electron chi connectivity index (χ1n) is 4.56. The summed E-state index contributed by atoms with van der Waals surface area (Å²) in [6.45, 7) is 0. The van der Waals surface area contributed by atoms with Gasteiger partial charge in [0.1, 0.15) is 5.78 Å². The standard InChI is InChI=1S/C9H14O3/c10-5-1-2-6-7(3-5)9(12)4-8(6)11/h6-9,11-12H,1-4H2. The molecule has 4 atom stereocenters. The normalized spacial score (nSPS) is 47.7. The van der Waals surface area contributed by atoms with Gasteiger partial charge in [-0.2, -0.15) is 0 Å². The van der Waals surface area contributed by atoms with Crippen molar-refractivity contribution in [1.82, 2.24) is 0 Å². The highest BCUT2D eigenvalue weighted by Gasteiger charge is 2.44. The topological polar surface area (TPSA) is 57.5 Å². The number of hydrogen-bond acceptors (Lipinski definition) is 3. The van der Waals surface area contributed by atoms with Gasteiger partial charge in [0.25, 0.3) is 0 Å². The van der Waals surface area contributed by atoms with Crippen molar-refractivity contribution in [2.45, 2.75) is 37.9 Å². The van der Waals surface area contributed by atoms with Crippen LogP contribution < -0.4 is 0 Å². The molecular weight excluding hydrogens is 156 g/mol. The third kappa shape index (κ3) is 1.17. The van der Waals surface area contributed by atoms with Crippen LogP contribution in [0.25, 0.3) is 0 Å². The number of ketones is 1. The lowest BCUT2D eigenvalue weighted by atomic mass is 9.79. The maximum Gasteiger partial charge on any atom is 0.133 e. The van der Waals surface area contributed by atoms with E-state index >= 15 is 0 Å². The van der Waals surface area contributed by atoms with Gasteiger partial charge in [0.15, 0.2) is 0 Å². The van der Waals surface area contributed by atoms with Crippen LogP contribution in [0, 0.1) is 11.8 Å². The first-order chi connectivity index (χ1) is 5.68. The summed E-state index contributed by atoms with van der Waals surface area (Å²) in [5.41, 5.74) is 0. The molecule has 2 aliphatic carbocycles. The maximum atomic E-state index is 11.1. The first-order valence-corrected chi connectivity index (χ1v) is 4.56. The van der Waals surface area contributed by atoms with Gasteiger partial charge in [-0.3, -0.25) is 4.79 Å². The fraction of sp³-hybridized carbons (Fsp3) is 0.889. The lowest BCUT2D eigenvalue weighted by Gasteiger charge is -2.27. The first kappa shape index (κ1) is 8.20. The summed E-state index contributed by atoms with van der Waals surface area (Å²) in [5.74, 6) is 0.461. The Morgan fingerprint density at radius 1 is 1.17 bits per heavy atom. The predicted octanol–water partition coefficient (Wildman–Crippen LogP) is 0.0973. The molecule has 0 aliphatic heterocycles. The number of fused-ring (bicyclic) bond motifs is 1. The summed E-state index contributed by atoms with van der Waals surface area (Å²) in [5, 5.41) is 19.0. The molecule has 4 unspecified atom stereocenters. The summed E-state index contributed by atoms with van der Waals surface area (Å²) in [7, 11) is 0. The van der Waals surface area contributed by atoms with Crippen molar-refractivity contribution in [3.05, 3.63) is 0 Å². The fourth-order valence-electron chi connectivity index (χ4n) is 2.55. The highest BCUT2D eigenvalue weighted by Crippen LogP contribution is 2.41. The predicted molar refractivity (Wildman–Crippen MR) is 42.5 cm³/mol. The van der Waals surface area contributed by atoms with Crippen LogP contribution in [-0.2, 0) is 4.79 Å². The molecule has 2 rings (SSSR count). The zero-order chi connectivity index (χ0) is 8.72. The summed E-state index contributed by atoms with van der Waals surface area (Å²) < 4.78 is 0. The average molecular weight is 170 g/mol. The van der Waals surface area contributed by atoms with Crippen molar-refractivity contribution in [1.29, 1.82) is 0 Å². The molecule has 2 N–H and O–H groups in total. The Labute approximate surface area is 71.4 Å². The SMILES string of the molecule is O=C1CCC2C(O)CC(O)C2C1. The van der Waals surface area contributed by atoms with Crippen LogP contribution in [0.2, 0.25) is 0 Å². The molecule has 0 heterocycles. The second-order valence-electron chi connectivity index (χ2n) is 3.98. The lowest BCUT2D eigenvalue weighted by Crippen LogP contribution is -2.29. The zero-order valence-electron chi connectivity index (χ0n) is 6.94. The number of aliphatic hydroxyl groups excluding tert-OH is 2. The average Bonchev–Trinajstić information content (AvgIpc) is 2.28. The van der Waals surface area contributed by atoms with E-state index in [4.69, 9.17) is 0 Å². The third-order valence-electron chi connectivity index (χ3n) is 3.24. The molecule has 12 heavy (non-hydrogen) atoms. The van der Waals surface area contributed by atoms with Gasteiger partial charge in [-0.15, -0.1) is 0 Å². The van der Waals surface area contributed by atoms with Crippen LogP contribution in [0.15, 0.2) is 0 Å². The zero-order valence-corrected chi connectivity index (χ0v) is 6.94. The molecular formula is C9H14O3. The number of carbonyl (C=O) groups is 1. The number of carbonyl (C=O) groups excluding carboxylic acids is 1. The highest BCUT2D eigenvalue weighted by molar-refractivity contribution is 5.79. The van der Waals surface area contributed by atoms with Gasteiger partial charge in [-0.25, -0.2) is 0 Å². The van der Waals surface area contributed by atoms with Crippen LogP contribution in [0.5, 0.6) is 0 Å². The molecule has 0 radical (unpaired) electrons. The lowest BCUT2D eigenvalue weighted by molar-refractivity contribution is -0.124. The second-order valence-corrected chi connectivity index (χ2v) is 3.98. The molecule has 0 bridgehead atoms.